The third kappa shape index (κ3) is 4.61. The van der Waals surface area contributed by atoms with Gasteiger partial charge in [-0.2, -0.15) is 0 Å². The van der Waals surface area contributed by atoms with Gasteiger partial charge in [-0.25, -0.2) is 4.79 Å². The van der Waals surface area contributed by atoms with Gasteiger partial charge in [-0.05, 0) is 43.8 Å². The van der Waals surface area contributed by atoms with Gasteiger partial charge in [0.25, 0.3) is 0 Å². The molecule has 0 saturated heterocycles. The Balaban J connectivity index is 1.73. The summed E-state index contributed by atoms with van der Waals surface area (Å²) in [6, 6.07) is 7.23. The molecule has 0 aliphatic heterocycles. The van der Waals surface area contributed by atoms with Gasteiger partial charge in [0, 0.05) is 11.4 Å². The maximum Gasteiger partial charge on any atom is 0.314 e. The number of carbonyl (C=O) groups is 1. The van der Waals surface area contributed by atoms with Crippen molar-refractivity contribution in [1.82, 2.24) is 10.6 Å². The van der Waals surface area contributed by atoms with Crippen molar-refractivity contribution in [2.75, 3.05) is 13.1 Å². The molecule has 0 spiro atoms. The van der Waals surface area contributed by atoms with Crippen molar-refractivity contribution in [1.29, 1.82) is 0 Å². The highest BCUT2D eigenvalue weighted by atomic mass is 32.1. The molecule has 21 heavy (non-hydrogen) atoms. The van der Waals surface area contributed by atoms with Crippen LogP contribution in [0.4, 0.5) is 4.79 Å². The first-order valence-electron chi connectivity index (χ1n) is 6.81. The topological polar surface area (TPSA) is 74.5 Å². The predicted octanol–water partition coefficient (Wildman–Crippen LogP) is 2.40. The van der Waals surface area contributed by atoms with E-state index in [2.05, 4.69) is 10.6 Å². The van der Waals surface area contributed by atoms with Crippen LogP contribution in [0.5, 0.6) is 0 Å². The van der Waals surface area contributed by atoms with Gasteiger partial charge in [0.2, 0.25) is 0 Å². The summed E-state index contributed by atoms with van der Waals surface area (Å²) in [5.41, 5.74) is -1.22. The Morgan fingerprint density at radius 1 is 1.38 bits per heavy atom. The number of carbonyl (C=O) groups excluding carboxylic acids is 1. The van der Waals surface area contributed by atoms with E-state index >= 15 is 0 Å². The molecule has 0 saturated carbocycles. The summed E-state index contributed by atoms with van der Waals surface area (Å²) in [6.45, 7) is 4.07. The maximum atomic E-state index is 11.7. The van der Waals surface area contributed by atoms with Crippen LogP contribution in [0.15, 0.2) is 34.1 Å². The van der Waals surface area contributed by atoms with Crippen molar-refractivity contribution in [3.63, 3.8) is 0 Å². The number of amides is 2. The number of rotatable bonds is 6. The van der Waals surface area contributed by atoms with E-state index in [1.807, 2.05) is 24.4 Å². The molecule has 2 heterocycles. The predicted molar refractivity (Wildman–Crippen MR) is 82.4 cm³/mol. The Hall–Kier alpha value is -1.79. The first kappa shape index (κ1) is 15.6. The van der Waals surface area contributed by atoms with Gasteiger partial charge in [0.1, 0.15) is 17.1 Å². The van der Waals surface area contributed by atoms with Crippen molar-refractivity contribution in [2.24, 2.45) is 0 Å². The lowest BCUT2D eigenvalue weighted by molar-refractivity contribution is 0.0360. The summed E-state index contributed by atoms with van der Waals surface area (Å²) in [5, 5.41) is 17.7. The number of urea groups is 1. The van der Waals surface area contributed by atoms with Crippen LogP contribution in [-0.2, 0) is 12.0 Å². The maximum absolute atomic E-state index is 11.7. The Labute approximate surface area is 128 Å². The van der Waals surface area contributed by atoms with E-state index in [4.69, 9.17) is 4.42 Å². The van der Waals surface area contributed by atoms with Crippen molar-refractivity contribution in [3.8, 4) is 0 Å². The number of hydrogen-bond acceptors (Lipinski definition) is 4. The largest absolute Gasteiger partial charge is 0.463 e. The summed E-state index contributed by atoms with van der Waals surface area (Å²) in [7, 11) is 0. The Morgan fingerprint density at radius 3 is 2.81 bits per heavy atom. The van der Waals surface area contributed by atoms with Crippen molar-refractivity contribution in [3.05, 3.63) is 46.0 Å². The monoisotopic (exact) mass is 308 g/mol. The van der Waals surface area contributed by atoms with Gasteiger partial charge >= 0.3 is 6.03 Å². The molecule has 0 fully saturated rings. The van der Waals surface area contributed by atoms with Crippen LogP contribution >= 0.6 is 11.3 Å². The highest BCUT2D eigenvalue weighted by Gasteiger charge is 2.27. The van der Waals surface area contributed by atoms with Crippen LogP contribution in [0, 0.1) is 6.92 Å². The van der Waals surface area contributed by atoms with E-state index in [1.165, 1.54) is 4.88 Å². The van der Waals surface area contributed by atoms with Gasteiger partial charge in [-0.3, -0.25) is 0 Å². The number of aliphatic hydroxyl groups is 1. The zero-order chi connectivity index (χ0) is 15.3. The summed E-state index contributed by atoms with van der Waals surface area (Å²) in [5.74, 6) is 1.17. The number of aryl methyl sites for hydroxylation is 1. The van der Waals surface area contributed by atoms with E-state index in [9.17, 15) is 9.90 Å². The van der Waals surface area contributed by atoms with Gasteiger partial charge in [-0.1, -0.05) is 6.07 Å². The van der Waals surface area contributed by atoms with E-state index in [0.717, 1.165) is 12.2 Å². The average molecular weight is 308 g/mol. The third-order valence-electron chi connectivity index (χ3n) is 3.10. The lowest BCUT2D eigenvalue weighted by atomic mass is 10.0. The minimum absolute atomic E-state index is 0.0881. The van der Waals surface area contributed by atoms with E-state index < -0.39 is 5.60 Å². The second kappa shape index (κ2) is 6.78. The second-order valence-corrected chi connectivity index (χ2v) is 6.16. The fraction of sp³-hybridized carbons (Fsp3) is 0.400. The number of nitrogens with one attached hydrogen (secondary N) is 2. The highest BCUT2D eigenvalue weighted by Crippen LogP contribution is 2.21. The molecule has 6 heteroatoms. The van der Waals surface area contributed by atoms with Crippen molar-refractivity contribution in [2.45, 2.75) is 25.9 Å². The first-order valence-corrected chi connectivity index (χ1v) is 7.69. The number of hydrogen-bond donors (Lipinski definition) is 3. The van der Waals surface area contributed by atoms with Crippen LogP contribution < -0.4 is 10.6 Å². The summed E-state index contributed by atoms with van der Waals surface area (Å²) in [6.07, 6.45) is 0.804. The minimum Gasteiger partial charge on any atom is -0.463 e. The normalized spacial score (nSPS) is 13.7. The van der Waals surface area contributed by atoms with E-state index in [-0.39, 0.29) is 12.6 Å². The molecule has 2 amide bonds. The SMILES string of the molecule is Cc1ccc(C(C)(O)CNC(=O)NCCc2cccs2)o1. The molecule has 114 valence electrons. The Bertz CT molecular complexity index is 576. The molecule has 2 rings (SSSR count). The van der Waals surface area contributed by atoms with Crippen LogP contribution in [0.25, 0.3) is 0 Å². The quantitative estimate of drug-likeness (QED) is 0.767. The van der Waals surface area contributed by atoms with Crippen LogP contribution in [0.3, 0.4) is 0 Å². The van der Waals surface area contributed by atoms with Crippen molar-refractivity contribution >= 4 is 17.4 Å². The zero-order valence-electron chi connectivity index (χ0n) is 12.2. The molecule has 2 aromatic heterocycles. The molecule has 3 N–H and O–H groups in total. The number of thiophene rings is 1. The molecule has 1 atom stereocenters. The fourth-order valence-corrected chi connectivity index (χ4v) is 2.59. The fourth-order valence-electron chi connectivity index (χ4n) is 1.88. The van der Waals surface area contributed by atoms with Crippen LogP contribution in [0.2, 0.25) is 0 Å². The average Bonchev–Trinajstić information content (AvgIpc) is 3.08. The van der Waals surface area contributed by atoms with Crippen LogP contribution in [0.1, 0.15) is 23.3 Å². The molecule has 5 nitrogen and oxygen atoms in total. The summed E-state index contributed by atoms with van der Waals surface area (Å²) in [4.78, 5) is 12.9. The lowest BCUT2D eigenvalue weighted by Gasteiger charge is -2.21. The Morgan fingerprint density at radius 2 is 2.19 bits per heavy atom. The van der Waals surface area contributed by atoms with Gasteiger partial charge in [0.05, 0.1) is 6.54 Å². The molecular formula is C15H20N2O3S. The molecule has 0 aliphatic carbocycles. The van der Waals surface area contributed by atoms with Gasteiger partial charge < -0.3 is 20.2 Å². The number of furan rings is 1. The smallest absolute Gasteiger partial charge is 0.314 e. The van der Waals surface area contributed by atoms with Gasteiger partial charge in [0.15, 0.2) is 0 Å². The standard InChI is InChI=1S/C15H20N2O3S/c1-11-5-6-13(20-11)15(2,19)10-17-14(18)16-8-7-12-4-3-9-21-12/h3-6,9,19H,7-8,10H2,1-2H3,(H2,16,17,18). The lowest BCUT2D eigenvalue weighted by Crippen LogP contribution is -2.43. The molecule has 1 unspecified atom stereocenters. The second-order valence-electron chi connectivity index (χ2n) is 5.12. The van der Waals surface area contributed by atoms with E-state index in [0.29, 0.717) is 12.3 Å². The van der Waals surface area contributed by atoms with Gasteiger partial charge in [-0.15, -0.1) is 11.3 Å². The minimum atomic E-state index is -1.22. The summed E-state index contributed by atoms with van der Waals surface area (Å²) >= 11 is 1.67. The Kier molecular flexibility index (Phi) is 5.03. The first-order chi connectivity index (χ1) is 9.97. The van der Waals surface area contributed by atoms with E-state index in [1.54, 1.807) is 30.4 Å². The molecule has 0 aromatic carbocycles. The van der Waals surface area contributed by atoms with Crippen LogP contribution in [-0.4, -0.2) is 24.2 Å². The third-order valence-corrected chi connectivity index (χ3v) is 4.04. The van der Waals surface area contributed by atoms with Crippen molar-refractivity contribution < 1.29 is 14.3 Å². The highest BCUT2D eigenvalue weighted by molar-refractivity contribution is 7.09. The molecule has 0 radical (unpaired) electrons. The molecule has 2 aromatic rings. The molecule has 0 aliphatic rings. The summed E-state index contributed by atoms with van der Waals surface area (Å²) < 4.78 is 5.39. The zero-order valence-corrected chi connectivity index (χ0v) is 13.0. The molecular weight excluding hydrogens is 288 g/mol. The molecule has 0 bridgehead atoms.